The molecule has 5 nitrogen and oxygen atoms in total. The van der Waals surface area contributed by atoms with Gasteiger partial charge < -0.3 is 14.5 Å². The molecule has 108 valence electrons. The number of hydrogen-bond acceptors (Lipinski definition) is 5. The third kappa shape index (κ3) is 3.58. The van der Waals surface area contributed by atoms with Gasteiger partial charge >= 0.3 is 0 Å². The van der Waals surface area contributed by atoms with Crippen LogP contribution < -0.4 is 0 Å². The Morgan fingerprint density at radius 1 is 1.30 bits per heavy atom. The minimum absolute atomic E-state index is 0.158. The van der Waals surface area contributed by atoms with Crippen LogP contribution >= 0.6 is 15.9 Å². The summed E-state index contributed by atoms with van der Waals surface area (Å²) in [6.45, 7) is 7.21. The van der Waals surface area contributed by atoms with E-state index in [2.05, 4.69) is 44.8 Å². The topological polar surface area (TPSA) is 62.4 Å². The highest BCUT2D eigenvalue weighted by molar-refractivity contribution is 9.10. The molecule has 0 bridgehead atoms. The maximum absolute atomic E-state index is 9.66. The molecule has 1 aromatic carbocycles. The minimum Gasteiger partial charge on any atom is -0.507 e. The van der Waals surface area contributed by atoms with Gasteiger partial charge in [0.05, 0.1) is 4.47 Å². The molecule has 0 saturated heterocycles. The molecular formula is C14H18BrN3O2. The zero-order valence-electron chi connectivity index (χ0n) is 11.6. The predicted molar refractivity (Wildman–Crippen MR) is 80.6 cm³/mol. The second kappa shape index (κ2) is 6.85. The van der Waals surface area contributed by atoms with Crippen molar-refractivity contribution in [2.75, 3.05) is 19.6 Å². The van der Waals surface area contributed by atoms with E-state index in [4.69, 9.17) is 4.52 Å². The lowest BCUT2D eigenvalue weighted by molar-refractivity contribution is 0.303. The molecule has 6 heteroatoms. The second-order valence-corrected chi connectivity index (χ2v) is 5.31. The predicted octanol–water partition coefficient (Wildman–Crippen LogP) is 3.09. The molecule has 2 rings (SSSR count). The lowest BCUT2D eigenvalue weighted by Gasteiger charge is -2.16. The Morgan fingerprint density at radius 3 is 2.70 bits per heavy atom. The molecule has 0 aliphatic carbocycles. The van der Waals surface area contributed by atoms with Crippen molar-refractivity contribution in [1.29, 1.82) is 0 Å². The monoisotopic (exact) mass is 339 g/mol. The Hall–Kier alpha value is -1.40. The van der Waals surface area contributed by atoms with Gasteiger partial charge in [-0.05, 0) is 47.2 Å². The first-order valence-electron chi connectivity index (χ1n) is 6.67. The summed E-state index contributed by atoms with van der Waals surface area (Å²) in [5.41, 5.74) is 0.715. The number of aromatic hydroxyl groups is 1. The Morgan fingerprint density at radius 2 is 2.05 bits per heavy atom. The molecule has 0 aliphatic heterocycles. The van der Waals surface area contributed by atoms with E-state index >= 15 is 0 Å². The molecule has 0 unspecified atom stereocenters. The number of phenolic OH excluding ortho intramolecular Hbond substituents is 1. The number of halogens is 1. The van der Waals surface area contributed by atoms with E-state index in [1.54, 1.807) is 12.1 Å². The van der Waals surface area contributed by atoms with Gasteiger partial charge in [0, 0.05) is 18.5 Å². The number of benzene rings is 1. The second-order valence-electron chi connectivity index (χ2n) is 4.46. The van der Waals surface area contributed by atoms with Gasteiger partial charge in [-0.2, -0.15) is 4.98 Å². The van der Waals surface area contributed by atoms with Gasteiger partial charge in [-0.25, -0.2) is 0 Å². The van der Waals surface area contributed by atoms with Crippen molar-refractivity contribution in [3.8, 4) is 17.2 Å². The van der Waals surface area contributed by atoms with Crippen LogP contribution in [0.15, 0.2) is 27.2 Å². The summed E-state index contributed by atoms with van der Waals surface area (Å²) in [6, 6.07) is 5.18. The van der Waals surface area contributed by atoms with Crippen LogP contribution in [0.3, 0.4) is 0 Å². The molecule has 0 amide bonds. The van der Waals surface area contributed by atoms with Gasteiger partial charge in [0.2, 0.25) is 0 Å². The van der Waals surface area contributed by atoms with Gasteiger partial charge in [-0.3, -0.25) is 0 Å². The average Bonchev–Trinajstić information content (AvgIpc) is 2.92. The number of aromatic nitrogens is 2. The Balaban J connectivity index is 2.06. The smallest absolute Gasteiger partial charge is 0.258 e. The fourth-order valence-electron chi connectivity index (χ4n) is 1.92. The molecule has 0 atom stereocenters. The van der Waals surface area contributed by atoms with Gasteiger partial charge in [0.15, 0.2) is 5.82 Å². The Kier molecular flexibility index (Phi) is 5.14. The molecule has 0 spiro atoms. The van der Waals surface area contributed by atoms with Crippen LogP contribution in [0.2, 0.25) is 0 Å². The van der Waals surface area contributed by atoms with Crippen LogP contribution in [0.5, 0.6) is 5.75 Å². The van der Waals surface area contributed by atoms with Crippen LogP contribution in [-0.2, 0) is 6.42 Å². The Bertz CT molecular complexity index is 567. The van der Waals surface area contributed by atoms with E-state index in [-0.39, 0.29) is 5.75 Å². The van der Waals surface area contributed by atoms with Crippen molar-refractivity contribution in [2.45, 2.75) is 20.3 Å². The quantitative estimate of drug-likeness (QED) is 0.876. The van der Waals surface area contributed by atoms with E-state index < -0.39 is 0 Å². The van der Waals surface area contributed by atoms with E-state index in [1.165, 1.54) is 0 Å². The molecule has 0 aliphatic rings. The van der Waals surface area contributed by atoms with Crippen LogP contribution in [0, 0.1) is 0 Å². The molecule has 2 aromatic rings. The highest BCUT2D eigenvalue weighted by atomic mass is 79.9. The summed E-state index contributed by atoms with van der Waals surface area (Å²) in [7, 11) is 0. The molecule has 1 heterocycles. The van der Waals surface area contributed by atoms with E-state index in [9.17, 15) is 5.11 Å². The molecule has 0 radical (unpaired) electrons. The number of nitrogens with zero attached hydrogens (tertiary/aromatic N) is 3. The third-order valence-corrected chi connectivity index (χ3v) is 3.88. The highest BCUT2D eigenvalue weighted by Gasteiger charge is 2.11. The summed E-state index contributed by atoms with van der Waals surface area (Å²) in [6.07, 6.45) is 0.758. The summed E-state index contributed by atoms with van der Waals surface area (Å²) >= 11 is 3.24. The third-order valence-electron chi connectivity index (χ3n) is 3.21. The SMILES string of the molecule is CCN(CC)CCc1noc(-c2ccc(Br)c(O)c2)n1. The van der Waals surface area contributed by atoms with Crippen LogP contribution in [-0.4, -0.2) is 39.8 Å². The zero-order chi connectivity index (χ0) is 14.5. The van der Waals surface area contributed by atoms with Crippen molar-refractivity contribution >= 4 is 15.9 Å². The van der Waals surface area contributed by atoms with Gasteiger partial charge in [0.25, 0.3) is 5.89 Å². The highest BCUT2D eigenvalue weighted by Crippen LogP contribution is 2.28. The van der Waals surface area contributed by atoms with Crippen LogP contribution in [0.25, 0.3) is 11.5 Å². The fourth-order valence-corrected chi connectivity index (χ4v) is 2.16. The molecule has 0 saturated carbocycles. The first-order chi connectivity index (χ1) is 9.63. The zero-order valence-corrected chi connectivity index (χ0v) is 13.2. The lowest BCUT2D eigenvalue weighted by Crippen LogP contribution is -2.25. The summed E-state index contributed by atoms with van der Waals surface area (Å²) in [4.78, 5) is 6.67. The van der Waals surface area contributed by atoms with Crippen molar-refractivity contribution in [1.82, 2.24) is 15.0 Å². The largest absolute Gasteiger partial charge is 0.507 e. The van der Waals surface area contributed by atoms with Crippen molar-refractivity contribution < 1.29 is 9.63 Å². The van der Waals surface area contributed by atoms with Gasteiger partial charge in [-0.15, -0.1) is 0 Å². The van der Waals surface area contributed by atoms with Crippen molar-refractivity contribution in [3.63, 3.8) is 0 Å². The van der Waals surface area contributed by atoms with Gasteiger partial charge in [-0.1, -0.05) is 19.0 Å². The number of likely N-dealkylation sites (N-methyl/N-ethyl adjacent to an activating group) is 1. The lowest BCUT2D eigenvalue weighted by atomic mass is 10.2. The van der Waals surface area contributed by atoms with Crippen molar-refractivity contribution in [3.05, 3.63) is 28.5 Å². The number of hydrogen-bond donors (Lipinski definition) is 1. The average molecular weight is 340 g/mol. The molecule has 1 aromatic heterocycles. The summed E-state index contributed by atoms with van der Waals surface area (Å²) < 4.78 is 5.88. The van der Waals surface area contributed by atoms with Crippen molar-refractivity contribution in [2.24, 2.45) is 0 Å². The molecule has 1 N–H and O–H groups in total. The maximum Gasteiger partial charge on any atom is 0.258 e. The normalized spacial score (nSPS) is 11.2. The number of rotatable bonds is 6. The fraction of sp³-hybridized carbons (Fsp3) is 0.429. The van der Waals surface area contributed by atoms with E-state index in [0.29, 0.717) is 21.8 Å². The van der Waals surface area contributed by atoms with E-state index in [0.717, 1.165) is 26.1 Å². The summed E-state index contributed by atoms with van der Waals surface area (Å²) in [5.74, 6) is 1.28. The minimum atomic E-state index is 0.158. The van der Waals surface area contributed by atoms with Crippen LogP contribution in [0.1, 0.15) is 19.7 Å². The van der Waals surface area contributed by atoms with E-state index in [1.807, 2.05) is 6.07 Å². The molecule has 20 heavy (non-hydrogen) atoms. The van der Waals surface area contributed by atoms with Crippen LogP contribution in [0.4, 0.5) is 0 Å². The molecule has 0 fully saturated rings. The first kappa shape index (κ1) is 15.0. The standard InChI is InChI=1S/C14H18BrN3O2/c1-3-18(4-2)8-7-13-16-14(20-17-13)10-5-6-11(15)12(19)9-10/h5-6,9,19H,3-4,7-8H2,1-2H3. The Labute approximate surface area is 126 Å². The summed E-state index contributed by atoms with van der Waals surface area (Å²) in [5, 5.41) is 13.6. The first-order valence-corrected chi connectivity index (χ1v) is 7.47. The number of phenols is 1. The maximum atomic E-state index is 9.66. The van der Waals surface area contributed by atoms with Gasteiger partial charge in [0.1, 0.15) is 5.75 Å². The molecular weight excluding hydrogens is 322 g/mol.